The van der Waals surface area contributed by atoms with Crippen molar-refractivity contribution in [2.45, 2.75) is 25.7 Å². The number of anilines is 1. The van der Waals surface area contributed by atoms with Crippen LogP contribution < -0.4 is 11.3 Å². The van der Waals surface area contributed by atoms with Gasteiger partial charge in [0.2, 0.25) is 5.95 Å². The van der Waals surface area contributed by atoms with Gasteiger partial charge in [-0.15, -0.1) is 0 Å². The molecule has 70 valence electrons. The Morgan fingerprint density at radius 2 is 2.15 bits per heavy atom. The van der Waals surface area contributed by atoms with E-state index in [4.69, 9.17) is 5.84 Å². The molecule has 0 amide bonds. The van der Waals surface area contributed by atoms with Crippen LogP contribution in [0.25, 0.3) is 0 Å². The number of hydrazine groups is 1. The van der Waals surface area contributed by atoms with Gasteiger partial charge in [-0.3, -0.25) is 0 Å². The summed E-state index contributed by atoms with van der Waals surface area (Å²) >= 11 is 0. The molecule has 0 unspecified atom stereocenters. The van der Waals surface area contributed by atoms with Crippen molar-refractivity contribution in [3.05, 3.63) is 23.1 Å². The smallest absolute Gasteiger partial charge is 0.215 e. The Balaban J connectivity index is 2.50. The summed E-state index contributed by atoms with van der Waals surface area (Å²) in [4.78, 5) is 3.70. The minimum Gasteiger partial charge on any atom is -0.308 e. The molecular weight excluding hydrogens is 169 g/mol. The van der Waals surface area contributed by atoms with E-state index in [9.17, 15) is 4.39 Å². The molecule has 1 heterocycles. The summed E-state index contributed by atoms with van der Waals surface area (Å²) in [5, 5.41) is 0. The lowest BCUT2D eigenvalue weighted by atomic mass is 9.93. The van der Waals surface area contributed by atoms with E-state index >= 15 is 0 Å². The lowest BCUT2D eigenvalue weighted by Crippen LogP contribution is -2.15. The number of nitrogen functional groups attached to an aromatic ring is 1. The first-order valence-electron chi connectivity index (χ1n) is 4.46. The van der Waals surface area contributed by atoms with Crippen LogP contribution in [0.4, 0.5) is 10.2 Å². The number of hydrogen-bond acceptors (Lipinski definition) is 3. The standard InChI is InChI=1S/C9H12FN3/c10-8-5-6-3-1-2-4-7(6)9(12-8)13-11/h5H,1-4,11H2,(H,12,13). The van der Waals surface area contributed by atoms with Gasteiger partial charge in [-0.2, -0.15) is 4.39 Å². The average molecular weight is 181 g/mol. The minimum absolute atomic E-state index is 0.450. The maximum atomic E-state index is 12.9. The van der Waals surface area contributed by atoms with Crippen molar-refractivity contribution in [1.82, 2.24) is 4.98 Å². The second-order valence-corrected chi connectivity index (χ2v) is 3.28. The van der Waals surface area contributed by atoms with Crippen LogP contribution in [-0.2, 0) is 12.8 Å². The summed E-state index contributed by atoms with van der Waals surface area (Å²) in [6, 6.07) is 1.51. The highest BCUT2D eigenvalue weighted by molar-refractivity contribution is 5.48. The topological polar surface area (TPSA) is 50.9 Å². The third-order valence-corrected chi connectivity index (χ3v) is 2.45. The molecule has 13 heavy (non-hydrogen) atoms. The molecule has 0 aromatic carbocycles. The Morgan fingerprint density at radius 3 is 2.92 bits per heavy atom. The molecule has 0 atom stereocenters. The molecule has 0 saturated heterocycles. The second kappa shape index (κ2) is 3.30. The summed E-state index contributed by atoms with van der Waals surface area (Å²) in [5.74, 6) is 5.31. The molecule has 0 saturated carbocycles. The van der Waals surface area contributed by atoms with E-state index in [-0.39, 0.29) is 0 Å². The molecule has 3 nitrogen and oxygen atoms in total. The first-order chi connectivity index (χ1) is 6.31. The first-order valence-corrected chi connectivity index (χ1v) is 4.46. The summed E-state index contributed by atoms with van der Waals surface area (Å²) in [7, 11) is 0. The Morgan fingerprint density at radius 1 is 1.38 bits per heavy atom. The van der Waals surface area contributed by atoms with Crippen LogP contribution in [0.5, 0.6) is 0 Å². The van der Waals surface area contributed by atoms with Crippen LogP contribution >= 0.6 is 0 Å². The number of fused-ring (bicyclic) bond motifs is 1. The molecule has 0 aliphatic heterocycles. The van der Waals surface area contributed by atoms with Crippen LogP contribution in [0.15, 0.2) is 6.07 Å². The van der Waals surface area contributed by atoms with Crippen LogP contribution in [0.1, 0.15) is 24.0 Å². The Labute approximate surface area is 76.1 Å². The number of pyridine rings is 1. The number of rotatable bonds is 1. The van der Waals surface area contributed by atoms with E-state index in [1.165, 1.54) is 6.07 Å². The highest BCUT2D eigenvalue weighted by atomic mass is 19.1. The summed E-state index contributed by atoms with van der Waals surface area (Å²) in [5.41, 5.74) is 4.57. The van der Waals surface area contributed by atoms with E-state index in [0.717, 1.165) is 36.8 Å². The van der Waals surface area contributed by atoms with E-state index in [0.29, 0.717) is 5.82 Å². The number of nitrogens with zero attached hydrogens (tertiary/aromatic N) is 1. The minimum atomic E-state index is -0.450. The lowest BCUT2D eigenvalue weighted by Gasteiger charge is -2.17. The Hall–Kier alpha value is -1.16. The second-order valence-electron chi connectivity index (χ2n) is 3.28. The van der Waals surface area contributed by atoms with Crippen LogP contribution in [-0.4, -0.2) is 4.98 Å². The van der Waals surface area contributed by atoms with Gasteiger partial charge in [-0.05, 0) is 42.9 Å². The molecule has 2 rings (SSSR count). The van der Waals surface area contributed by atoms with Gasteiger partial charge < -0.3 is 5.43 Å². The number of aromatic nitrogens is 1. The fourth-order valence-corrected chi connectivity index (χ4v) is 1.83. The van der Waals surface area contributed by atoms with Crippen molar-refractivity contribution in [2.24, 2.45) is 5.84 Å². The molecule has 1 aromatic rings. The van der Waals surface area contributed by atoms with Crippen LogP contribution in [0.3, 0.4) is 0 Å². The van der Waals surface area contributed by atoms with Gasteiger partial charge in [0.15, 0.2) is 0 Å². The van der Waals surface area contributed by atoms with Crippen molar-refractivity contribution < 1.29 is 4.39 Å². The summed E-state index contributed by atoms with van der Waals surface area (Å²) in [6.07, 6.45) is 4.14. The van der Waals surface area contributed by atoms with Crippen molar-refractivity contribution in [3.8, 4) is 0 Å². The molecule has 1 aliphatic rings. The fourth-order valence-electron chi connectivity index (χ4n) is 1.83. The summed E-state index contributed by atoms with van der Waals surface area (Å²) in [6.45, 7) is 0. The van der Waals surface area contributed by atoms with Gasteiger partial charge in [0, 0.05) is 0 Å². The van der Waals surface area contributed by atoms with Gasteiger partial charge in [-0.1, -0.05) is 0 Å². The Bertz CT molecular complexity index is 308. The van der Waals surface area contributed by atoms with Crippen LogP contribution in [0, 0.1) is 5.95 Å². The third-order valence-electron chi connectivity index (χ3n) is 2.45. The molecule has 0 spiro atoms. The zero-order chi connectivity index (χ0) is 9.26. The zero-order valence-corrected chi connectivity index (χ0v) is 7.31. The predicted molar refractivity (Wildman–Crippen MR) is 48.6 cm³/mol. The van der Waals surface area contributed by atoms with Crippen molar-refractivity contribution in [1.29, 1.82) is 0 Å². The Kier molecular flexibility index (Phi) is 2.14. The van der Waals surface area contributed by atoms with Gasteiger partial charge in [0.1, 0.15) is 5.82 Å². The van der Waals surface area contributed by atoms with Crippen LogP contribution in [0.2, 0.25) is 0 Å². The maximum Gasteiger partial charge on any atom is 0.215 e. The monoisotopic (exact) mass is 181 g/mol. The quantitative estimate of drug-likeness (QED) is 0.391. The number of hydrogen-bond donors (Lipinski definition) is 2. The normalized spacial score (nSPS) is 15.2. The zero-order valence-electron chi connectivity index (χ0n) is 7.31. The largest absolute Gasteiger partial charge is 0.308 e. The van der Waals surface area contributed by atoms with Gasteiger partial charge >= 0.3 is 0 Å². The third kappa shape index (κ3) is 1.49. The van der Waals surface area contributed by atoms with Gasteiger partial charge in [0.25, 0.3) is 0 Å². The fraction of sp³-hybridized carbons (Fsp3) is 0.444. The molecule has 1 aromatic heterocycles. The van der Waals surface area contributed by atoms with Crippen molar-refractivity contribution >= 4 is 5.82 Å². The molecule has 0 radical (unpaired) electrons. The van der Waals surface area contributed by atoms with E-state index in [1.807, 2.05) is 0 Å². The number of halogens is 1. The van der Waals surface area contributed by atoms with Gasteiger partial charge in [0.05, 0.1) is 0 Å². The van der Waals surface area contributed by atoms with E-state index < -0.39 is 5.95 Å². The summed E-state index contributed by atoms with van der Waals surface area (Å²) < 4.78 is 12.9. The molecular formula is C9H12FN3. The average Bonchev–Trinajstić information content (AvgIpc) is 2.16. The van der Waals surface area contributed by atoms with Gasteiger partial charge in [-0.25, -0.2) is 10.8 Å². The SMILES string of the molecule is NNc1nc(F)cc2c1CCCC2. The molecule has 4 heteroatoms. The number of nitrogens with one attached hydrogen (secondary N) is 1. The highest BCUT2D eigenvalue weighted by Gasteiger charge is 2.15. The first kappa shape index (κ1) is 8.44. The van der Waals surface area contributed by atoms with E-state index in [1.54, 1.807) is 0 Å². The van der Waals surface area contributed by atoms with Crippen molar-refractivity contribution in [3.63, 3.8) is 0 Å². The highest BCUT2D eigenvalue weighted by Crippen LogP contribution is 2.26. The maximum absolute atomic E-state index is 12.9. The molecule has 0 bridgehead atoms. The molecule has 3 N–H and O–H groups in total. The number of nitrogens with two attached hydrogens (primary N) is 1. The van der Waals surface area contributed by atoms with Crippen molar-refractivity contribution in [2.75, 3.05) is 5.43 Å². The van der Waals surface area contributed by atoms with E-state index in [2.05, 4.69) is 10.4 Å². The molecule has 1 aliphatic carbocycles. The molecule has 0 fully saturated rings. The predicted octanol–water partition coefficient (Wildman–Crippen LogP) is 1.39. The number of aryl methyl sites for hydroxylation is 1. The lowest BCUT2D eigenvalue weighted by molar-refractivity contribution is 0.573.